The van der Waals surface area contributed by atoms with Crippen LogP contribution in [0.3, 0.4) is 0 Å². The Kier molecular flexibility index (Phi) is 3.68. The molecule has 112 valence electrons. The van der Waals surface area contributed by atoms with E-state index in [1.807, 2.05) is 6.07 Å². The van der Waals surface area contributed by atoms with Crippen LogP contribution < -0.4 is 0 Å². The third-order valence-corrected chi connectivity index (χ3v) is 3.72. The standard InChI is InChI=1S/C17H8ClFN2O2/c18-13-8-21-15-4-2-10(17(22)23)6-12(15)16(13)11-3-1-9(7-20)5-14(11)19/h1-6,8H,(H,22,23). The summed E-state index contributed by atoms with van der Waals surface area (Å²) in [6.07, 6.45) is 1.39. The maximum absolute atomic E-state index is 14.3. The molecule has 0 saturated heterocycles. The summed E-state index contributed by atoms with van der Waals surface area (Å²) in [5.41, 5.74) is 1.27. The molecule has 0 spiro atoms. The van der Waals surface area contributed by atoms with Crippen LogP contribution in [0.5, 0.6) is 0 Å². The van der Waals surface area contributed by atoms with Gasteiger partial charge in [0, 0.05) is 22.7 Å². The molecule has 0 aliphatic rings. The van der Waals surface area contributed by atoms with E-state index in [1.54, 1.807) is 6.07 Å². The van der Waals surface area contributed by atoms with Gasteiger partial charge in [0.15, 0.2) is 0 Å². The highest BCUT2D eigenvalue weighted by Crippen LogP contribution is 2.36. The molecule has 0 radical (unpaired) electrons. The third kappa shape index (κ3) is 2.60. The summed E-state index contributed by atoms with van der Waals surface area (Å²) < 4.78 is 14.3. The van der Waals surface area contributed by atoms with Crippen molar-refractivity contribution in [1.82, 2.24) is 4.98 Å². The molecule has 0 aliphatic carbocycles. The van der Waals surface area contributed by atoms with Crippen LogP contribution >= 0.6 is 11.6 Å². The molecule has 0 amide bonds. The van der Waals surface area contributed by atoms with Crippen LogP contribution in [0.25, 0.3) is 22.0 Å². The van der Waals surface area contributed by atoms with Crippen molar-refractivity contribution in [2.24, 2.45) is 0 Å². The number of hydrogen-bond donors (Lipinski definition) is 1. The van der Waals surface area contributed by atoms with Crippen molar-refractivity contribution in [2.45, 2.75) is 0 Å². The number of nitriles is 1. The highest BCUT2D eigenvalue weighted by Gasteiger charge is 2.16. The van der Waals surface area contributed by atoms with Gasteiger partial charge >= 0.3 is 5.97 Å². The first-order valence-electron chi connectivity index (χ1n) is 6.53. The summed E-state index contributed by atoms with van der Waals surface area (Å²) in [7, 11) is 0. The molecule has 3 aromatic rings. The van der Waals surface area contributed by atoms with Gasteiger partial charge in [0.2, 0.25) is 0 Å². The van der Waals surface area contributed by atoms with E-state index >= 15 is 0 Å². The zero-order chi connectivity index (χ0) is 16.6. The topological polar surface area (TPSA) is 74.0 Å². The van der Waals surface area contributed by atoms with Gasteiger partial charge in [0.25, 0.3) is 0 Å². The molecular weight excluding hydrogens is 319 g/mol. The van der Waals surface area contributed by atoms with Crippen LogP contribution in [-0.2, 0) is 0 Å². The number of pyridine rings is 1. The summed E-state index contributed by atoms with van der Waals surface area (Å²) in [6, 6.07) is 10.3. The second kappa shape index (κ2) is 5.67. The van der Waals surface area contributed by atoms with Crippen LogP contribution in [-0.4, -0.2) is 16.1 Å². The molecule has 3 rings (SSSR count). The van der Waals surface area contributed by atoms with Gasteiger partial charge < -0.3 is 5.11 Å². The van der Waals surface area contributed by atoms with Gasteiger partial charge in [-0.15, -0.1) is 0 Å². The lowest BCUT2D eigenvalue weighted by Gasteiger charge is -2.10. The van der Waals surface area contributed by atoms with Crippen molar-refractivity contribution in [1.29, 1.82) is 5.26 Å². The number of rotatable bonds is 2. The van der Waals surface area contributed by atoms with Crippen molar-refractivity contribution >= 4 is 28.5 Å². The van der Waals surface area contributed by atoms with E-state index in [1.165, 1.54) is 30.5 Å². The third-order valence-electron chi connectivity index (χ3n) is 3.44. The minimum atomic E-state index is -1.10. The first kappa shape index (κ1) is 14.9. The molecule has 1 aromatic heterocycles. The summed E-state index contributed by atoms with van der Waals surface area (Å²) >= 11 is 6.17. The van der Waals surface area contributed by atoms with Crippen molar-refractivity contribution in [2.75, 3.05) is 0 Å². The highest BCUT2D eigenvalue weighted by atomic mass is 35.5. The molecule has 0 bridgehead atoms. The van der Waals surface area contributed by atoms with E-state index in [9.17, 15) is 9.18 Å². The lowest BCUT2D eigenvalue weighted by Crippen LogP contribution is -1.97. The van der Waals surface area contributed by atoms with E-state index in [0.29, 0.717) is 16.5 Å². The van der Waals surface area contributed by atoms with Gasteiger partial charge in [-0.2, -0.15) is 5.26 Å². The normalized spacial score (nSPS) is 10.5. The van der Waals surface area contributed by atoms with Crippen molar-refractivity contribution in [3.05, 3.63) is 64.6 Å². The monoisotopic (exact) mass is 326 g/mol. The lowest BCUT2D eigenvalue weighted by atomic mass is 9.98. The molecule has 0 saturated carbocycles. The van der Waals surface area contributed by atoms with Gasteiger partial charge in [0.05, 0.1) is 27.7 Å². The van der Waals surface area contributed by atoms with Gasteiger partial charge in [-0.3, -0.25) is 4.98 Å². The Morgan fingerprint density at radius 1 is 1.26 bits per heavy atom. The number of carboxylic acids is 1. The average molecular weight is 327 g/mol. The molecule has 0 atom stereocenters. The Hall–Kier alpha value is -2.97. The summed E-state index contributed by atoms with van der Waals surface area (Å²) in [5, 5.41) is 18.6. The predicted molar refractivity (Wildman–Crippen MR) is 83.8 cm³/mol. The second-order valence-corrected chi connectivity index (χ2v) is 5.23. The summed E-state index contributed by atoms with van der Waals surface area (Å²) in [4.78, 5) is 15.3. The number of nitrogens with zero attached hydrogens (tertiary/aromatic N) is 2. The van der Waals surface area contributed by atoms with E-state index in [0.717, 1.165) is 6.07 Å². The fourth-order valence-electron chi connectivity index (χ4n) is 2.36. The minimum absolute atomic E-state index is 0.0527. The zero-order valence-corrected chi connectivity index (χ0v) is 12.3. The Labute approximate surface area is 135 Å². The number of carbonyl (C=O) groups is 1. The number of halogens is 2. The van der Waals surface area contributed by atoms with Crippen LogP contribution in [0, 0.1) is 17.1 Å². The molecule has 0 aliphatic heterocycles. The van der Waals surface area contributed by atoms with Gasteiger partial charge in [0.1, 0.15) is 5.82 Å². The maximum Gasteiger partial charge on any atom is 0.335 e. The smallest absolute Gasteiger partial charge is 0.335 e. The predicted octanol–water partition coefficient (Wildman–Crippen LogP) is 4.26. The SMILES string of the molecule is N#Cc1ccc(-c2c(Cl)cnc3ccc(C(=O)O)cc23)c(F)c1. The van der Waals surface area contributed by atoms with Crippen molar-refractivity contribution in [3.8, 4) is 17.2 Å². The van der Waals surface area contributed by atoms with Crippen LogP contribution in [0.4, 0.5) is 4.39 Å². The first-order valence-corrected chi connectivity index (χ1v) is 6.90. The van der Waals surface area contributed by atoms with Crippen LogP contribution in [0.2, 0.25) is 5.02 Å². The summed E-state index contributed by atoms with van der Waals surface area (Å²) in [5.74, 6) is -1.71. The fraction of sp³-hybridized carbons (Fsp3) is 0. The molecule has 4 nitrogen and oxygen atoms in total. The first-order chi connectivity index (χ1) is 11.0. The molecule has 6 heteroatoms. The maximum atomic E-state index is 14.3. The lowest BCUT2D eigenvalue weighted by molar-refractivity contribution is 0.0697. The molecule has 0 fully saturated rings. The Bertz CT molecular complexity index is 996. The molecule has 2 aromatic carbocycles. The molecule has 0 unspecified atom stereocenters. The largest absolute Gasteiger partial charge is 0.478 e. The fourth-order valence-corrected chi connectivity index (χ4v) is 2.61. The minimum Gasteiger partial charge on any atom is -0.478 e. The van der Waals surface area contributed by atoms with Gasteiger partial charge in [-0.05, 0) is 30.3 Å². The molecule has 23 heavy (non-hydrogen) atoms. The second-order valence-electron chi connectivity index (χ2n) is 4.82. The number of hydrogen-bond acceptors (Lipinski definition) is 3. The van der Waals surface area contributed by atoms with E-state index in [-0.39, 0.29) is 21.7 Å². The zero-order valence-electron chi connectivity index (χ0n) is 11.5. The Morgan fingerprint density at radius 3 is 2.70 bits per heavy atom. The number of carboxylic acid groups (broad SMARTS) is 1. The number of fused-ring (bicyclic) bond motifs is 1. The molecule has 1 heterocycles. The van der Waals surface area contributed by atoms with Gasteiger partial charge in [-0.25, -0.2) is 9.18 Å². The van der Waals surface area contributed by atoms with E-state index in [2.05, 4.69) is 4.98 Å². The van der Waals surface area contributed by atoms with Crippen LogP contribution in [0.15, 0.2) is 42.6 Å². The Balaban J connectivity index is 2.36. The van der Waals surface area contributed by atoms with E-state index in [4.69, 9.17) is 22.0 Å². The van der Waals surface area contributed by atoms with Crippen molar-refractivity contribution in [3.63, 3.8) is 0 Å². The van der Waals surface area contributed by atoms with E-state index < -0.39 is 11.8 Å². The molecule has 1 N–H and O–H groups in total. The quantitative estimate of drug-likeness (QED) is 0.763. The number of aromatic carboxylic acids is 1. The van der Waals surface area contributed by atoms with Crippen molar-refractivity contribution < 1.29 is 14.3 Å². The van der Waals surface area contributed by atoms with Gasteiger partial charge in [-0.1, -0.05) is 17.7 Å². The average Bonchev–Trinajstić information content (AvgIpc) is 2.54. The summed E-state index contributed by atoms with van der Waals surface area (Å²) in [6.45, 7) is 0. The Morgan fingerprint density at radius 2 is 2.04 bits per heavy atom. The molecular formula is C17H8ClFN2O2. The van der Waals surface area contributed by atoms with Crippen LogP contribution in [0.1, 0.15) is 15.9 Å². The number of benzene rings is 2. The number of aromatic nitrogens is 1. The highest BCUT2D eigenvalue weighted by molar-refractivity contribution is 6.34.